The highest BCUT2D eigenvalue weighted by Crippen LogP contribution is 2.36. The Labute approximate surface area is 94.5 Å². The largest absolute Gasteiger partial charge is 0.381 e. The van der Waals surface area contributed by atoms with Gasteiger partial charge < -0.3 is 9.47 Å². The van der Waals surface area contributed by atoms with Crippen molar-refractivity contribution in [3.63, 3.8) is 0 Å². The Morgan fingerprint density at radius 1 is 1.54 bits per heavy atom. The molecule has 1 heterocycles. The fourth-order valence-corrected chi connectivity index (χ4v) is 2.33. The molecule has 13 heavy (non-hydrogen) atoms. The highest BCUT2D eigenvalue weighted by Gasteiger charge is 2.38. The van der Waals surface area contributed by atoms with Gasteiger partial charge in [-0.25, -0.2) is 0 Å². The van der Waals surface area contributed by atoms with E-state index in [1.54, 1.807) is 0 Å². The van der Waals surface area contributed by atoms with Crippen molar-refractivity contribution in [2.24, 2.45) is 5.41 Å². The van der Waals surface area contributed by atoms with E-state index in [1.165, 1.54) is 12.8 Å². The number of halogens is 1. The maximum atomic E-state index is 5.72. The molecule has 1 fully saturated rings. The summed E-state index contributed by atoms with van der Waals surface area (Å²) in [6, 6.07) is 0. The maximum absolute atomic E-state index is 5.72. The zero-order valence-corrected chi connectivity index (χ0v) is 10.7. The van der Waals surface area contributed by atoms with Gasteiger partial charge in [0.25, 0.3) is 0 Å². The summed E-state index contributed by atoms with van der Waals surface area (Å²) in [4.78, 5) is 0. The summed E-state index contributed by atoms with van der Waals surface area (Å²) in [6.45, 7) is 6.86. The molecule has 1 aliphatic rings. The molecule has 0 radical (unpaired) electrons. The van der Waals surface area contributed by atoms with Crippen LogP contribution in [0.4, 0.5) is 0 Å². The molecule has 0 aromatic rings. The van der Waals surface area contributed by atoms with Crippen molar-refractivity contribution in [1.82, 2.24) is 0 Å². The third-order valence-electron chi connectivity index (χ3n) is 2.82. The molecule has 0 N–H and O–H groups in total. The maximum Gasteiger partial charge on any atom is 0.0671 e. The van der Waals surface area contributed by atoms with E-state index >= 15 is 0 Å². The molecule has 0 aromatic heterocycles. The molecule has 0 saturated carbocycles. The van der Waals surface area contributed by atoms with E-state index in [1.807, 2.05) is 0 Å². The molecule has 0 amide bonds. The fraction of sp³-hybridized carbons (Fsp3) is 1.00. The number of ether oxygens (including phenoxy) is 2. The molecule has 3 heteroatoms. The predicted molar refractivity (Wildman–Crippen MR) is 62.5 cm³/mol. The van der Waals surface area contributed by atoms with Crippen LogP contribution in [0.1, 0.15) is 26.7 Å². The molecule has 2 atom stereocenters. The SMILES string of the molecule is CCOC[C@]1(CC)CO[C@H](CI)C1. The lowest BCUT2D eigenvalue weighted by molar-refractivity contribution is 0.0346. The summed E-state index contributed by atoms with van der Waals surface area (Å²) < 4.78 is 12.3. The van der Waals surface area contributed by atoms with Crippen molar-refractivity contribution in [3.05, 3.63) is 0 Å². The van der Waals surface area contributed by atoms with Crippen LogP contribution in [0.15, 0.2) is 0 Å². The lowest BCUT2D eigenvalue weighted by atomic mass is 9.84. The van der Waals surface area contributed by atoms with Crippen LogP contribution in [0, 0.1) is 5.41 Å². The van der Waals surface area contributed by atoms with Gasteiger partial charge in [-0.2, -0.15) is 0 Å². The van der Waals surface area contributed by atoms with Gasteiger partial charge in [0, 0.05) is 16.4 Å². The average molecular weight is 298 g/mol. The third-order valence-corrected chi connectivity index (χ3v) is 3.80. The number of alkyl halides is 1. The van der Waals surface area contributed by atoms with Crippen molar-refractivity contribution < 1.29 is 9.47 Å². The molecule has 0 spiro atoms. The molecule has 1 rings (SSSR count). The summed E-state index contributed by atoms with van der Waals surface area (Å²) in [5, 5.41) is 0. The zero-order chi connectivity index (χ0) is 9.73. The van der Waals surface area contributed by atoms with Gasteiger partial charge in [-0.3, -0.25) is 0 Å². The van der Waals surface area contributed by atoms with Crippen molar-refractivity contribution in [2.45, 2.75) is 32.8 Å². The van der Waals surface area contributed by atoms with Gasteiger partial charge in [0.05, 0.1) is 19.3 Å². The van der Waals surface area contributed by atoms with Crippen LogP contribution in [0.25, 0.3) is 0 Å². The van der Waals surface area contributed by atoms with E-state index in [-0.39, 0.29) is 0 Å². The minimum Gasteiger partial charge on any atom is -0.381 e. The second-order valence-electron chi connectivity index (χ2n) is 3.78. The minimum atomic E-state index is 0.311. The molecule has 78 valence electrons. The molecular weight excluding hydrogens is 279 g/mol. The van der Waals surface area contributed by atoms with Crippen molar-refractivity contribution in [2.75, 3.05) is 24.2 Å². The van der Waals surface area contributed by atoms with Crippen LogP contribution in [0.3, 0.4) is 0 Å². The number of rotatable bonds is 5. The van der Waals surface area contributed by atoms with Crippen molar-refractivity contribution >= 4 is 22.6 Å². The summed E-state index contributed by atoms with van der Waals surface area (Å²) >= 11 is 2.39. The van der Waals surface area contributed by atoms with Gasteiger partial charge >= 0.3 is 0 Å². The summed E-state index contributed by atoms with van der Waals surface area (Å²) in [5.74, 6) is 0. The standard InChI is InChI=1S/C10H19IO2/c1-3-10(7-12-4-2)5-9(6-11)13-8-10/h9H,3-8H2,1-2H3/t9-,10+/m0/s1. The average Bonchev–Trinajstić information content (AvgIpc) is 2.59. The van der Waals surface area contributed by atoms with Gasteiger partial charge in [0.15, 0.2) is 0 Å². The lowest BCUT2D eigenvalue weighted by Crippen LogP contribution is -2.27. The summed E-state index contributed by atoms with van der Waals surface area (Å²) in [5.41, 5.74) is 0.311. The highest BCUT2D eigenvalue weighted by atomic mass is 127. The Morgan fingerprint density at radius 2 is 2.31 bits per heavy atom. The molecule has 0 unspecified atom stereocenters. The first-order valence-corrected chi connectivity index (χ1v) is 6.54. The van der Waals surface area contributed by atoms with Crippen LogP contribution in [-0.4, -0.2) is 30.4 Å². The Hall–Kier alpha value is 0.650. The Kier molecular flexibility index (Phi) is 4.97. The quantitative estimate of drug-likeness (QED) is 0.574. The van der Waals surface area contributed by atoms with Crippen LogP contribution < -0.4 is 0 Å². The predicted octanol–water partition coefficient (Wildman–Crippen LogP) is 2.64. The molecule has 0 aromatic carbocycles. The molecule has 1 saturated heterocycles. The fourth-order valence-electron chi connectivity index (χ4n) is 1.76. The molecule has 2 nitrogen and oxygen atoms in total. The van der Waals surface area contributed by atoms with Gasteiger partial charge in [-0.05, 0) is 19.8 Å². The van der Waals surface area contributed by atoms with Crippen LogP contribution in [0.2, 0.25) is 0 Å². The van der Waals surface area contributed by atoms with Crippen LogP contribution in [0.5, 0.6) is 0 Å². The van der Waals surface area contributed by atoms with Gasteiger partial charge in [0.2, 0.25) is 0 Å². The summed E-state index contributed by atoms with van der Waals surface area (Å²) in [6.07, 6.45) is 2.80. The minimum absolute atomic E-state index is 0.311. The zero-order valence-electron chi connectivity index (χ0n) is 8.51. The molecule has 0 bridgehead atoms. The van der Waals surface area contributed by atoms with E-state index in [2.05, 4.69) is 36.4 Å². The Balaban J connectivity index is 2.42. The van der Waals surface area contributed by atoms with E-state index in [9.17, 15) is 0 Å². The second-order valence-corrected chi connectivity index (χ2v) is 4.66. The normalized spacial score (nSPS) is 33.9. The van der Waals surface area contributed by atoms with Crippen molar-refractivity contribution in [3.8, 4) is 0 Å². The van der Waals surface area contributed by atoms with Crippen molar-refractivity contribution in [1.29, 1.82) is 0 Å². The monoisotopic (exact) mass is 298 g/mol. The molecule has 1 aliphatic heterocycles. The number of hydrogen-bond donors (Lipinski definition) is 0. The smallest absolute Gasteiger partial charge is 0.0671 e. The topological polar surface area (TPSA) is 18.5 Å². The van der Waals surface area contributed by atoms with E-state index in [0.717, 1.165) is 24.2 Å². The van der Waals surface area contributed by atoms with Gasteiger partial charge in [0.1, 0.15) is 0 Å². The van der Waals surface area contributed by atoms with E-state index in [4.69, 9.17) is 9.47 Å². The third kappa shape index (κ3) is 3.06. The van der Waals surface area contributed by atoms with Crippen LogP contribution in [-0.2, 0) is 9.47 Å². The Bertz CT molecular complexity index is 152. The van der Waals surface area contributed by atoms with E-state index < -0.39 is 0 Å². The number of hydrogen-bond acceptors (Lipinski definition) is 2. The van der Waals surface area contributed by atoms with Gasteiger partial charge in [-0.15, -0.1) is 0 Å². The first-order chi connectivity index (χ1) is 6.26. The Morgan fingerprint density at radius 3 is 2.77 bits per heavy atom. The second kappa shape index (κ2) is 5.51. The summed E-state index contributed by atoms with van der Waals surface area (Å²) in [7, 11) is 0. The lowest BCUT2D eigenvalue weighted by Gasteiger charge is -2.25. The van der Waals surface area contributed by atoms with Crippen LogP contribution >= 0.6 is 22.6 Å². The highest BCUT2D eigenvalue weighted by molar-refractivity contribution is 14.1. The molecule has 0 aliphatic carbocycles. The van der Waals surface area contributed by atoms with Gasteiger partial charge in [-0.1, -0.05) is 29.5 Å². The first-order valence-electron chi connectivity index (χ1n) is 5.01. The molecular formula is C10H19IO2. The van der Waals surface area contributed by atoms with E-state index in [0.29, 0.717) is 11.5 Å². The first kappa shape index (κ1) is 11.7.